The van der Waals surface area contributed by atoms with Crippen LogP contribution >= 0.6 is 0 Å². The predicted octanol–water partition coefficient (Wildman–Crippen LogP) is 3.55. The molecule has 0 amide bonds. The summed E-state index contributed by atoms with van der Waals surface area (Å²) in [5, 5.41) is 40.9. The summed E-state index contributed by atoms with van der Waals surface area (Å²) in [6, 6.07) is -0.336. The van der Waals surface area contributed by atoms with Gasteiger partial charge in [0.15, 0.2) is 18.5 Å². The van der Waals surface area contributed by atoms with E-state index in [4.69, 9.17) is 38.0 Å². The first-order chi connectivity index (χ1) is 27.6. The number of methoxy groups -OCH3 is 1. The molecule has 0 saturated carbocycles. The molecule has 1 unspecified atom stereocenters. The van der Waals surface area contributed by atoms with Gasteiger partial charge in [-0.05, 0) is 73.9 Å². The lowest BCUT2D eigenvalue weighted by atomic mass is 9.67. The van der Waals surface area contributed by atoms with E-state index < -0.39 is 119 Å². The van der Waals surface area contributed by atoms with Crippen molar-refractivity contribution in [3.63, 3.8) is 0 Å². The fraction of sp³-hybridized carbons (Fsp3) is 0.884. The molecular weight excluding hydrogens is 784 g/mol. The van der Waals surface area contributed by atoms with E-state index in [1.165, 1.54) is 34.8 Å². The van der Waals surface area contributed by atoms with Crippen molar-refractivity contribution >= 4 is 29.6 Å². The highest BCUT2D eigenvalue weighted by Crippen LogP contribution is 2.46. The average molecular weight is 859 g/mol. The summed E-state index contributed by atoms with van der Waals surface area (Å²) in [5.74, 6) is -6.86. The molecule has 3 aliphatic heterocycles. The number of carbonyl (C=O) groups excluding carboxylic acids is 4. The molecule has 3 aliphatic rings. The lowest BCUT2D eigenvalue weighted by Gasteiger charge is -2.52. The molecule has 346 valence electrons. The van der Waals surface area contributed by atoms with Crippen molar-refractivity contribution in [2.75, 3.05) is 21.2 Å². The molecule has 60 heavy (non-hydrogen) atoms. The summed E-state index contributed by atoms with van der Waals surface area (Å²) < 4.78 is 43.9. The summed E-state index contributed by atoms with van der Waals surface area (Å²) >= 11 is 0. The van der Waals surface area contributed by atoms with Crippen LogP contribution in [0.2, 0.25) is 0 Å². The second-order valence-electron chi connectivity index (χ2n) is 18.4. The van der Waals surface area contributed by atoms with E-state index in [0.29, 0.717) is 6.42 Å². The number of carbonyl (C=O) groups is 4. The Morgan fingerprint density at radius 1 is 0.883 bits per heavy atom. The summed E-state index contributed by atoms with van der Waals surface area (Å²) in [4.78, 5) is 58.6. The van der Waals surface area contributed by atoms with Crippen LogP contribution in [0.25, 0.3) is 0 Å². The molecule has 0 aliphatic carbocycles. The van der Waals surface area contributed by atoms with E-state index in [-0.39, 0.29) is 37.1 Å². The normalized spacial score (nSPS) is 44.4. The molecule has 0 aromatic heterocycles. The Bertz CT molecular complexity index is 1520. The maximum absolute atomic E-state index is 14.6. The highest BCUT2D eigenvalue weighted by molar-refractivity contribution is 5.89. The third-order valence-corrected chi connectivity index (χ3v) is 13.0. The number of esters is 3. The van der Waals surface area contributed by atoms with Crippen LogP contribution in [0.15, 0.2) is 5.16 Å². The van der Waals surface area contributed by atoms with Gasteiger partial charge in [0.05, 0.1) is 53.8 Å². The van der Waals surface area contributed by atoms with Crippen LogP contribution in [-0.4, -0.2) is 149 Å². The maximum Gasteiger partial charge on any atom is 0.331 e. The van der Waals surface area contributed by atoms with Crippen molar-refractivity contribution in [3.8, 4) is 0 Å². The zero-order valence-electron chi connectivity index (χ0n) is 38.6. The highest BCUT2D eigenvalue weighted by atomic mass is 16.7. The molecule has 0 aromatic rings. The summed E-state index contributed by atoms with van der Waals surface area (Å²) in [5.41, 5.74) is -4.80. The molecule has 17 nitrogen and oxygen atoms in total. The van der Waals surface area contributed by atoms with Crippen molar-refractivity contribution in [2.24, 2.45) is 34.7 Å². The molecule has 3 saturated heterocycles. The van der Waals surface area contributed by atoms with Crippen LogP contribution in [0.1, 0.15) is 116 Å². The zero-order chi connectivity index (χ0) is 45.8. The van der Waals surface area contributed by atoms with E-state index in [1.807, 2.05) is 32.8 Å². The van der Waals surface area contributed by atoms with Crippen LogP contribution in [0.3, 0.4) is 0 Å². The number of oxime groups is 1. The Morgan fingerprint density at radius 3 is 2.00 bits per heavy atom. The first-order valence-electron chi connectivity index (χ1n) is 21.2. The Kier molecular flexibility index (Phi) is 17.7. The first-order valence-corrected chi connectivity index (χ1v) is 21.2. The van der Waals surface area contributed by atoms with Crippen molar-refractivity contribution in [1.29, 1.82) is 0 Å². The number of rotatable bonds is 9. The molecule has 0 radical (unpaired) electrons. The number of cyclic esters (lactones) is 1. The van der Waals surface area contributed by atoms with E-state index >= 15 is 0 Å². The summed E-state index contributed by atoms with van der Waals surface area (Å²) in [6.07, 6.45) is -8.19. The fourth-order valence-electron chi connectivity index (χ4n) is 9.95. The summed E-state index contributed by atoms with van der Waals surface area (Å²) in [7, 11) is 5.23. The van der Waals surface area contributed by atoms with E-state index in [9.17, 15) is 34.5 Å². The van der Waals surface area contributed by atoms with Crippen molar-refractivity contribution in [3.05, 3.63) is 0 Å². The maximum atomic E-state index is 14.6. The van der Waals surface area contributed by atoms with Gasteiger partial charge >= 0.3 is 23.9 Å². The van der Waals surface area contributed by atoms with Gasteiger partial charge in [-0.1, -0.05) is 39.8 Å². The lowest BCUT2D eigenvalue weighted by molar-refractivity contribution is -0.304. The van der Waals surface area contributed by atoms with Gasteiger partial charge in [0.1, 0.15) is 17.3 Å². The molecule has 0 bridgehead atoms. The minimum absolute atomic E-state index is 0.103. The predicted molar refractivity (Wildman–Crippen MR) is 218 cm³/mol. The summed E-state index contributed by atoms with van der Waals surface area (Å²) in [6.45, 7) is 20.7. The smallest absolute Gasteiger partial charge is 0.331 e. The third-order valence-electron chi connectivity index (χ3n) is 13.0. The minimum Gasteiger partial charge on any atom is -0.459 e. The number of ether oxygens (including phenoxy) is 7. The zero-order valence-corrected chi connectivity index (χ0v) is 38.6. The Labute approximate surface area is 356 Å². The van der Waals surface area contributed by atoms with Crippen LogP contribution in [-0.2, 0) is 57.2 Å². The van der Waals surface area contributed by atoms with Crippen LogP contribution in [0, 0.1) is 29.6 Å². The van der Waals surface area contributed by atoms with Gasteiger partial charge in [-0.25, -0.2) is 4.79 Å². The van der Waals surface area contributed by atoms with Gasteiger partial charge in [0.25, 0.3) is 0 Å². The lowest BCUT2D eigenvalue weighted by Crippen LogP contribution is -2.63. The van der Waals surface area contributed by atoms with Gasteiger partial charge in [0, 0.05) is 52.1 Å². The van der Waals surface area contributed by atoms with Crippen LogP contribution in [0.4, 0.5) is 0 Å². The number of aliphatic hydroxyl groups is 3. The topological polar surface area (TPSA) is 218 Å². The van der Waals surface area contributed by atoms with E-state index in [1.54, 1.807) is 48.5 Å². The number of aliphatic hydroxyl groups excluding tert-OH is 1. The van der Waals surface area contributed by atoms with E-state index in [2.05, 4.69) is 5.16 Å². The number of hydrogen-bond acceptors (Lipinski definition) is 17. The quantitative estimate of drug-likeness (QED) is 0.131. The van der Waals surface area contributed by atoms with Gasteiger partial charge in [-0.3, -0.25) is 14.4 Å². The van der Waals surface area contributed by atoms with Gasteiger partial charge in [-0.2, -0.15) is 0 Å². The van der Waals surface area contributed by atoms with Gasteiger partial charge in [-0.15, -0.1) is 0 Å². The standard InChI is InChI=1S/C43H74N2O15/c1-17-32-43(13,52)36(49)25(6)34(44-60-29(10)48)21(2)19-41(11,51)37(59-40-35(56-27(8)46)30(45(14)15)18-22(3)54-40)23(4)33(24(5)39(50)58-32)31-20-42(12,53-16)38(26(7)55-31)57-28(9)47/h21-26,30-33,35-38,40,49,51-52H,17-20H2,1-16H3/b44-34+/t21-,22-,23+,24-,25+,26+,30+,31?,32-,33+,35-,36-,37-,38+,40+,41-,42-,43-/m1/s1. The number of hydrogen-bond donors (Lipinski definition) is 3. The SMILES string of the molecule is CC[C@H]1OC(=O)[C@H](C)[C@@H](C2C[C@@](C)(OC)[C@@H](OC(C)=O)[C@H](C)O2)[C@H](C)[C@@H](O[C@@H]2O[C@H](C)C[C@H](N(C)C)[C@H]2OC(C)=O)[C@](C)(O)C[C@@H](C)/C(=N\OC(C)=O)[C@H](C)[C@@H](O)[C@]1(C)O. The molecule has 3 fully saturated rings. The second kappa shape index (κ2) is 20.6. The molecule has 3 rings (SSSR count). The highest BCUT2D eigenvalue weighted by Gasteiger charge is 2.56. The van der Waals surface area contributed by atoms with Crippen LogP contribution in [0.5, 0.6) is 0 Å². The first kappa shape index (κ1) is 51.6. The monoisotopic (exact) mass is 859 g/mol. The van der Waals surface area contributed by atoms with Crippen molar-refractivity contribution in [1.82, 2.24) is 4.90 Å². The number of nitrogens with zero attached hydrogens (tertiary/aromatic N) is 2. The van der Waals surface area contributed by atoms with E-state index in [0.717, 1.165) is 0 Å². The molecule has 3 heterocycles. The Balaban J connectivity index is 2.37. The Hall–Kier alpha value is -2.77. The molecule has 17 heteroatoms. The molecule has 0 aromatic carbocycles. The fourth-order valence-corrected chi connectivity index (χ4v) is 9.95. The molecule has 0 spiro atoms. The van der Waals surface area contributed by atoms with Gasteiger partial charge < -0.3 is 58.2 Å². The largest absolute Gasteiger partial charge is 0.459 e. The number of likely N-dealkylation sites (N-methyl/N-ethyl adjacent to an activating group) is 1. The van der Waals surface area contributed by atoms with Crippen molar-refractivity contribution < 1.29 is 72.5 Å². The second-order valence-corrected chi connectivity index (χ2v) is 18.4. The van der Waals surface area contributed by atoms with Gasteiger partial charge in [0.2, 0.25) is 0 Å². The third kappa shape index (κ3) is 11.8. The minimum atomic E-state index is -2.02. The molecule has 18 atom stereocenters. The Morgan fingerprint density at radius 2 is 1.48 bits per heavy atom. The molecular formula is C43H74N2O15. The molecule has 3 N–H and O–H groups in total. The van der Waals surface area contributed by atoms with Crippen molar-refractivity contribution in [2.45, 2.75) is 194 Å². The van der Waals surface area contributed by atoms with Crippen LogP contribution < -0.4 is 0 Å². The average Bonchev–Trinajstić information content (AvgIpc) is 3.13.